The Morgan fingerprint density at radius 1 is 0.356 bits per heavy atom. The molecule has 3 heterocycles. The second kappa shape index (κ2) is 13.4. The van der Waals surface area contributed by atoms with Gasteiger partial charge in [-0.1, -0.05) is 42.5 Å². The predicted molar refractivity (Wildman–Crippen MR) is 239 cm³/mol. The van der Waals surface area contributed by atoms with Crippen LogP contribution in [-0.4, -0.2) is 9.13 Å². The van der Waals surface area contributed by atoms with Crippen molar-refractivity contribution in [1.82, 2.24) is 9.13 Å². The molecule has 0 unspecified atom stereocenters. The van der Waals surface area contributed by atoms with Crippen molar-refractivity contribution in [3.05, 3.63) is 213 Å². The molecule has 3 nitrogen and oxygen atoms in total. The van der Waals surface area contributed by atoms with Crippen LogP contribution in [0.15, 0.2) is 200 Å². The molecule has 0 amide bonds. The fourth-order valence-corrected chi connectivity index (χ4v) is 12.4. The number of hydrogen-bond acceptors (Lipinski definition) is 1. The zero-order chi connectivity index (χ0) is 39.0. The van der Waals surface area contributed by atoms with E-state index in [0.717, 1.165) is 22.4 Å². The molecule has 9 aromatic carbocycles. The predicted octanol–water partition coefficient (Wildman–Crippen LogP) is 10.9. The van der Waals surface area contributed by atoms with Crippen molar-refractivity contribution in [2.24, 2.45) is 0 Å². The van der Waals surface area contributed by atoms with Crippen LogP contribution in [0.5, 0.6) is 0 Å². The van der Waals surface area contributed by atoms with E-state index in [4.69, 9.17) is 0 Å². The maximum absolute atomic E-state index is 9.85. The van der Waals surface area contributed by atoms with E-state index in [2.05, 4.69) is 197 Å². The average molecular weight is 863 g/mol. The molecule has 0 atom stereocenters. The van der Waals surface area contributed by atoms with Gasteiger partial charge in [0.1, 0.15) is 0 Å². The van der Waals surface area contributed by atoms with E-state index < -0.39 is 0 Å². The Hall–Kier alpha value is -7.20. The van der Waals surface area contributed by atoms with Crippen LogP contribution >= 0.6 is 0 Å². The maximum atomic E-state index is 9.85. The van der Waals surface area contributed by atoms with Gasteiger partial charge in [0.2, 0.25) is 0 Å². The first-order valence-electron chi connectivity index (χ1n) is 19.9. The second-order valence-electron chi connectivity index (χ2n) is 15.2. The summed E-state index contributed by atoms with van der Waals surface area (Å²) in [5, 5.41) is 14.7. The Labute approximate surface area is 351 Å². The number of hydrogen-bond donors (Lipinski definition) is 0. The van der Waals surface area contributed by atoms with E-state index in [0.29, 0.717) is 5.56 Å². The molecule has 1 aliphatic heterocycles. The van der Waals surface area contributed by atoms with Gasteiger partial charge in [-0.3, -0.25) is 0 Å². The van der Waals surface area contributed by atoms with Crippen molar-refractivity contribution < 1.29 is 21.2 Å². The quantitative estimate of drug-likeness (QED) is 0.159. The Morgan fingerprint density at radius 2 is 0.881 bits per heavy atom. The van der Waals surface area contributed by atoms with E-state index in [-0.39, 0.29) is 21.2 Å². The van der Waals surface area contributed by atoms with Gasteiger partial charge < -0.3 is 4.57 Å². The summed E-state index contributed by atoms with van der Waals surface area (Å²) in [5.74, 6) is 0. The van der Waals surface area contributed by atoms with Gasteiger partial charge in [0, 0.05) is 16.5 Å². The van der Waals surface area contributed by atoms with E-state index in [1.807, 2.05) is 18.2 Å². The molecule has 0 aliphatic carbocycles. The SMILES string of the molecule is N#Cc1cccc(-n2c3ccc(-c4cccc(-c5ccc6c(c5)c5ccccc5n6-c5ccccc5)c4)cc3c3cc(-c4cccc5c4[I-]c4ccccc4-5)ccc32)c1. The molecule has 4 heteroatoms. The third-order valence-corrected chi connectivity index (χ3v) is 15.1. The first-order valence-corrected chi connectivity index (χ1v) is 22.0. The minimum absolute atomic E-state index is 0.287. The summed E-state index contributed by atoms with van der Waals surface area (Å²) in [5.41, 5.74) is 17.5. The van der Waals surface area contributed by atoms with Crippen molar-refractivity contribution in [1.29, 1.82) is 5.26 Å². The number of rotatable bonds is 5. The summed E-state index contributed by atoms with van der Waals surface area (Å²) in [6, 6.07) is 75.0. The molecule has 0 saturated heterocycles. The summed E-state index contributed by atoms with van der Waals surface area (Å²) < 4.78 is 7.67. The molecule has 11 aromatic rings. The average Bonchev–Trinajstić information content (AvgIpc) is 3.96. The van der Waals surface area contributed by atoms with Crippen LogP contribution in [0, 0.1) is 18.5 Å². The van der Waals surface area contributed by atoms with E-state index in [1.165, 1.54) is 84.2 Å². The number of benzene rings is 9. The van der Waals surface area contributed by atoms with Crippen LogP contribution in [0.3, 0.4) is 0 Å². The van der Waals surface area contributed by atoms with Gasteiger partial charge in [-0.2, -0.15) is 0 Å². The van der Waals surface area contributed by atoms with Crippen molar-refractivity contribution in [3.8, 4) is 62.0 Å². The van der Waals surface area contributed by atoms with Crippen LogP contribution in [0.2, 0.25) is 0 Å². The fourth-order valence-electron chi connectivity index (χ4n) is 9.18. The van der Waals surface area contributed by atoms with Crippen LogP contribution in [-0.2, 0) is 0 Å². The van der Waals surface area contributed by atoms with Crippen molar-refractivity contribution in [2.45, 2.75) is 0 Å². The van der Waals surface area contributed by atoms with E-state index in [9.17, 15) is 5.26 Å². The molecule has 0 radical (unpaired) electrons. The molecule has 0 saturated carbocycles. The summed E-state index contributed by atoms with van der Waals surface area (Å²) in [6.07, 6.45) is 0. The first-order chi connectivity index (χ1) is 29.2. The summed E-state index contributed by atoms with van der Waals surface area (Å²) >= 11 is -0.287. The molecule has 59 heavy (non-hydrogen) atoms. The van der Waals surface area contributed by atoms with Crippen LogP contribution in [0.25, 0.3) is 99.5 Å². The van der Waals surface area contributed by atoms with Crippen molar-refractivity contribution in [2.75, 3.05) is 0 Å². The van der Waals surface area contributed by atoms with Gasteiger partial charge >= 0.3 is 249 Å². The van der Waals surface area contributed by atoms with Crippen LogP contribution < -0.4 is 21.2 Å². The summed E-state index contributed by atoms with van der Waals surface area (Å²) in [6.45, 7) is 0. The summed E-state index contributed by atoms with van der Waals surface area (Å²) in [4.78, 5) is 0. The molecule has 12 rings (SSSR count). The fraction of sp³-hybridized carbons (Fsp3) is 0. The van der Waals surface area contributed by atoms with Gasteiger partial charge in [-0.25, -0.2) is 0 Å². The molecule has 1 aliphatic rings. The van der Waals surface area contributed by atoms with Crippen molar-refractivity contribution in [3.63, 3.8) is 0 Å². The molecular formula is C55H33IN3-. The Kier molecular flexibility index (Phi) is 7.72. The standard InChI is InChI=1S/C55H33IN3/c57-34-35-11-8-16-42(29-35)59-53-27-24-39(32-48(53)49-33-40(25-28-54(49)59)43-19-10-20-46-44-17-4-6-21-50(44)56-55(43)46)37-13-9-12-36(30-37)38-23-26-52-47(31-38)45-18-5-7-22-51(45)58(52)41-14-2-1-3-15-41/h1-33H/q-1. The first kappa shape index (κ1) is 33.9. The second-order valence-corrected chi connectivity index (χ2v) is 18.0. The minimum atomic E-state index is -0.287. The van der Waals surface area contributed by atoms with Gasteiger partial charge in [0.05, 0.1) is 11.0 Å². The van der Waals surface area contributed by atoms with Gasteiger partial charge in [0.15, 0.2) is 0 Å². The number of fused-ring (bicyclic) bond motifs is 9. The molecule has 0 fully saturated rings. The molecular weight excluding hydrogens is 830 g/mol. The van der Waals surface area contributed by atoms with Gasteiger partial charge in [0.25, 0.3) is 0 Å². The third kappa shape index (κ3) is 5.39. The number of nitrogens with zero attached hydrogens (tertiary/aromatic N) is 3. The normalized spacial score (nSPS) is 12.1. The Morgan fingerprint density at radius 3 is 1.64 bits per heavy atom. The molecule has 276 valence electrons. The third-order valence-electron chi connectivity index (χ3n) is 11.9. The van der Waals surface area contributed by atoms with E-state index in [1.54, 1.807) is 0 Å². The zero-order valence-electron chi connectivity index (χ0n) is 31.8. The zero-order valence-corrected chi connectivity index (χ0v) is 33.9. The molecule has 0 spiro atoms. The molecule has 0 bridgehead atoms. The monoisotopic (exact) mass is 862 g/mol. The number of halogens is 1. The number of aromatic nitrogens is 2. The van der Waals surface area contributed by atoms with Gasteiger partial charge in [-0.05, 0) is 30.3 Å². The topological polar surface area (TPSA) is 33.6 Å². The number of nitriles is 1. The van der Waals surface area contributed by atoms with E-state index >= 15 is 0 Å². The van der Waals surface area contributed by atoms with Crippen molar-refractivity contribution >= 4 is 43.6 Å². The molecule has 2 aromatic heterocycles. The van der Waals surface area contributed by atoms with Gasteiger partial charge in [-0.15, -0.1) is 0 Å². The van der Waals surface area contributed by atoms with Crippen LogP contribution in [0.1, 0.15) is 5.56 Å². The molecule has 0 N–H and O–H groups in total. The Balaban J connectivity index is 1.01. The Bertz CT molecular complexity index is 3550. The van der Waals surface area contributed by atoms with Crippen LogP contribution in [0.4, 0.5) is 0 Å². The summed E-state index contributed by atoms with van der Waals surface area (Å²) in [7, 11) is 0. The number of para-hydroxylation sites is 2.